The van der Waals surface area contributed by atoms with Crippen molar-refractivity contribution in [2.75, 3.05) is 20.3 Å². The molecule has 2 aromatic carbocycles. The quantitative estimate of drug-likeness (QED) is 0.133. The van der Waals surface area contributed by atoms with E-state index >= 15 is 4.79 Å². The summed E-state index contributed by atoms with van der Waals surface area (Å²) in [6, 6.07) is 13.5. The van der Waals surface area contributed by atoms with Crippen molar-refractivity contribution in [1.29, 1.82) is 0 Å². The number of Topliss-reactive ketones (excluding diaryl/α,β-unsaturated/α-hetero) is 1. The molecule has 17 heteroatoms. The minimum absolute atomic E-state index is 0.0710. The maximum atomic E-state index is 15.7. The third-order valence-electron chi connectivity index (χ3n) is 13.7. The number of aliphatic hydroxyl groups is 2. The van der Waals surface area contributed by atoms with E-state index in [4.69, 9.17) is 38.9 Å². The monoisotopic (exact) mass is 906 g/mol. The number of aliphatic hydroxyl groups excluding tert-OH is 1. The summed E-state index contributed by atoms with van der Waals surface area (Å²) in [5.41, 5.74) is -1.42. The van der Waals surface area contributed by atoms with E-state index in [1.165, 1.54) is 33.1 Å². The fourth-order valence-corrected chi connectivity index (χ4v) is 10.6. The summed E-state index contributed by atoms with van der Waals surface area (Å²) in [6.07, 6.45) is -8.33. The molecule has 3 aliphatic carbocycles. The second kappa shape index (κ2) is 18.2. The number of amides is 1. The zero-order valence-electron chi connectivity index (χ0n) is 38.6. The topological polar surface area (TPSA) is 246 Å². The molecular weight excluding hydrogens is 845 g/mol. The predicted molar refractivity (Wildman–Crippen MR) is 230 cm³/mol. The average Bonchev–Trinajstić information content (AvgIpc) is 3.23. The zero-order valence-corrected chi connectivity index (χ0v) is 38.6. The first-order valence-electron chi connectivity index (χ1n) is 21.8. The van der Waals surface area contributed by atoms with Crippen LogP contribution in [0.15, 0.2) is 71.8 Å². The molecule has 0 aromatic heterocycles. The van der Waals surface area contributed by atoms with Crippen LogP contribution in [0.25, 0.3) is 0 Å². The van der Waals surface area contributed by atoms with Crippen LogP contribution in [0.4, 0.5) is 4.79 Å². The van der Waals surface area contributed by atoms with Crippen molar-refractivity contribution >= 4 is 35.8 Å². The molecule has 5 N–H and O–H groups in total. The van der Waals surface area contributed by atoms with Crippen LogP contribution in [-0.4, -0.2) is 120 Å². The lowest BCUT2D eigenvalue weighted by molar-refractivity contribution is -0.347. The number of nitrogens with one attached hydrogen (secondary N) is 1. The molecule has 65 heavy (non-hydrogen) atoms. The molecule has 1 unspecified atom stereocenters. The highest BCUT2D eigenvalue weighted by molar-refractivity contribution is 5.93. The number of ether oxygens (including phenoxy) is 7. The minimum Gasteiger partial charge on any atom is -0.455 e. The van der Waals surface area contributed by atoms with Gasteiger partial charge in [-0.2, -0.15) is 0 Å². The fraction of sp³-hybridized carbons (Fsp3) is 0.583. The van der Waals surface area contributed by atoms with Gasteiger partial charge in [-0.15, -0.1) is 0 Å². The summed E-state index contributed by atoms with van der Waals surface area (Å²) in [5.74, 6) is -7.14. The van der Waals surface area contributed by atoms with Gasteiger partial charge in [-0.1, -0.05) is 62.4 Å². The Kier molecular flexibility index (Phi) is 13.8. The number of carbonyl (C=O) groups excluding carboxylic acids is 6. The van der Waals surface area contributed by atoms with Crippen LogP contribution in [0.5, 0.6) is 0 Å². The molecule has 1 heterocycles. The van der Waals surface area contributed by atoms with E-state index in [0.29, 0.717) is 5.56 Å². The van der Waals surface area contributed by atoms with E-state index in [1.54, 1.807) is 97.0 Å². The van der Waals surface area contributed by atoms with Gasteiger partial charge in [0.05, 0.1) is 42.1 Å². The molecule has 1 aliphatic heterocycles. The number of ketones is 1. The van der Waals surface area contributed by atoms with Crippen LogP contribution in [0.1, 0.15) is 97.1 Å². The molecule has 1 amide bonds. The highest BCUT2D eigenvalue weighted by atomic mass is 16.6. The van der Waals surface area contributed by atoms with Gasteiger partial charge < -0.3 is 54.4 Å². The first-order chi connectivity index (χ1) is 30.4. The lowest BCUT2D eigenvalue weighted by atomic mass is 9.43. The van der Waals surface area contributed by atoms with Gasteiger partial charge in [-0.3, -0.25) is 14.4 Å². The van der Waals surface area contributed by atoms with Gasteiger partial charge in [-0.25, -0.2) is 14.4 Å². The number of nitrogens with two attached hydrogens (primary N) is 1. The standard InChI is InChI=1S/C48H62N2O15/c1-25-31(61-42(56)36(62-40(54)26(2)49)35(28-17-13-11-14-18-28)50-43(57)65-44(4,5)6)22-48(58)39(63-41(55)29-19-15-12-16-20-29)37-46(9,38(53)30(23-51)34(25)45(48,7)8)32(59-10)21-33-47(37,24-60-33)64-27(3)52/h11-20,26,30-33,35-37,39,51,58H,21-24,49H2,1-10H3,(H,50,57)/t26?,30-,31+,32+,33-,35+,36-,37+,39+,46-,47+,48-/m1/s1. The van der Waals surface area contributed by atoms with Gasteiger partial charge >= 0.3 is 30.0 Å². The van der Waals surface area contributed by atoms with E-state index in [1.807, 2.05) is 0 Å². The Morgan fingerprint density at radius 2 is 1.58 bits per heavy atom. The van der Waals surface area contributed by atoms with Crippen molar-refractivity contribution in [3.05, 3.63) is 82.9 Å². The van der Waals surface area contributed by atoms with Crippen LogP contribution in [0.2, 0.25) is 0 Å². The number of hydrogen-bond donors (Lipinski definition) is 4. The average molecular weight is 907 g/mol. The Labute approximate surface area is 378 Å². The van der Waals surface area contributed by atoms with E-state index in [9.17, 15) is 34.2 Å². The number of methoxy groups -OCH3 is 1. The number of fused-ring (bicyclic) bond motifs is 5. The minimum atomic E-state index is -2.31. The second-order valence-electron chi connectivity index (χ2n) is 19.3. The van der Waals surface area contributed by atoms with Crippen LogP contribution in [0.3, 0.4) is 0 Å². The van der Waals surface area contributed by atoms with Crippen LogP contribution in [0, 0.1) is 22.7 Å². The lowest BCUT2D eigenvalue weighted by Crippen LogP contribution is -2.81. The molecule has 0 spiro atoms. The summed E-state index contributed by atoms with van der Waals surface area (Å²) >= 11 is 0. The SMILES string of the molecule is CO[C@H]1C[C@H]2OC[C@@]2(OC(C)=O)[C@H]2[C@H](OC(=O)c3ccccc3)[C@]3(O)C[C@H](OC(=O)[C@H](OC(=O)C(C)N)[C@@H](NC(=O)OC(C)(C)C)c4ccccc4)C(C)=C([C@@H](CO)C(=O)[C@]12C)C3(C)C. The smallest absolute Gasteiger partial charge is 0.408 e. The van der Waals surface area contributed by atoms with Crippen molar-refractivity contribution in [3.8, 4) is 0 Å². The van der Waals surface area contributed by atoms with E-state index in [-0.39, 0.29) is 29.7 Å². The molecule has 6 rings (SSSR count). The van der Waals surface area contributed by atoms with Gasteiger partial charge in [-0.05, 0) is 70.4 Å². The molecule has 354 valence electrons. The van der Waals surface area contributed by atoms with Crippen LogP contribution >= 0.6 is 0 Å². The fourth-order valence-electron chi connectivity index (χ4n) is 10.6. The molecule has 12 atom stereocenters. The van der Waals surface area contributed by atoms with Crippen LogP contribution < -0.4 is 11.1 Å². The molecule has 2 bridgehead atoms. The maximum absolute atomic E-state index is 15.7. The number of rotatable bonds is 12. The molecular formula is C48H62N2O15. The predicted octanol–water partition coefficient (Wildman–Crippen LogP) is 4.06. The van der Waals surface area contributed by atoms with Gasteiger partial charge in [0.25, 0.3) is 0 Å². The number of alkyl carbamates (subject to hydrolysis) is 1. The maximum Gasteiger partial charge on any atom is 0.408 e. The van der Waals surface area contributed by atoms with E-state index in [2.05, 4.69) is 5.32 Å². The number of hydrogen-bond acceptors (Lipinski definition) is 16. The summed E-state index contributed by atoms with van der Waals surface area (Å²) in [5, 5.41) is 27.9. The Balaban J connectivity index is 1.56. The molecule has 2 saturated carbocycles. The summed E-state index contributed by atoms with van der Waals surface area (Å²) in [7, 11) is 1.41. The summed E-state index contributed by atoms with van der Waals surface area (Å²) in [4.78, 5) is 84.7. The zero-order chi connectivity index (χ0) is 48.0. The third-order valence-corrected chi connectivity index (χ3v) is 13.7. The Morgan fingerprint density at radius 1 is 0.969 bits per heavy atom. The van der Waals surface area contributed by atoms with Gasteiger partial charge in [0, 0.05) is 32.3 Å². The van der Waals surface area contributed by atoms with E-state index in [0.717, 1.165) is 0 Å². The molecule has 0 radical (unpaired) electrons. The Bertz CT molecular complexity index is 2190. The lowest BCUT2D eigenvalue weighted by Gasteiger charge is -2.68. The van der Waals surface area contributed by atoms with Crippen molar-refractivity contribution in [1.82, 2.24) is 5.32 Å². The Morgan fingerprint density at radius 3 is 2.11 bits per heavy atom. The number of benzene rings is 2. The number of carbonyl (C=O) groups is 6. The number of esters is 4. The highest BCUT2D eigenvalue weighted by Crippen LogP contribution is 2.65. The molecule has 2 aromatic rings. The van der Waals surface area contributed by atoms with Gasteiger partial charge in [0.1, 0.15) is 41.6 Å². The second-order valence-corrected chi connectivity index (χ2v) is 19.3. The highest BCUT2D eigenvalue weighted by Gasteiger charge is 2.78. The molecule has 17 nitrogen and oxygen atoms in total. The van der Waals surface area contributed by atoms with Crippen molar-refractivity contribution in [2.45, 2.75) is 135 Å². The van der Waals surface area contributed by atoms with Gasteiger partial charge in [0.15, 0.2) is 11.4 Å². The van der Waals surface area contributed by atoms with E-state index < -0.39 is 131 Å². The first-order valence-corrected chi connectivity index (χ1v) is 21.8. The summed E-state index contributed by atoms with van der Waals surface area (Å²) < 4.78 is 42.3. The summed E-state index contributed by atoms with van der Waals surface area (Å²) in [6.45, 7) is 12.9. The Hall–Kier alpha value is -5.20. The van der Waals surface area contributed by atoms with Crippen molar-refractivity contribution < 1.29 is 72.1 Å². The molecule has 1 saturated heterocycles. The third kappa shape index (κ3) is 8.80. The van der Waals surface area contributed by atoms with Crippen molar-refractivity contribution in [2.24, 2.45) is 28.4 Å². The molecule has 4 aliphatic rings. The van der Waals surface area contributed by atoms with Crippen molar-refractivity contribution in [3.63, 3.8) is 0 Å². The normalized spacial score (nSPS) is 31.7. The van der Waals surface area contributed by atoms with Crippen LogP contribution in [-0.2, 0) is 52.3 Å². The van der Waals surface area contributed by atoms with Gasteiger partial charge in [0.2, 0.25) is 6.10 Å². The molecule has 3 fully saturated rings. The first kappa shape index (κ1) is 49.2. The largest absolute Gasteiger partial charge is 0.455 e.